The first-order valence-corrected chi connectivity index (χ1v) is 8.36. The van der Waals surface area contributed by atoms with Gasteiger partial charge >= 0.3 is 13.5 Å². The average Bonchev–Trinajstić information content (AvgIpc) is 2.80. The van der Waals surface area contributed by atoms with Crippen molar-refractivity contribution in [3.05, 3.63) is 44.4 Å². The van der Waals surface area contributed by atoms with Crippen molar-refractivity contribution in [2.45, 2.75) is 32.6 Å². The quantitative estimate of drug-likeness (QED) is 0.550. The molecule has 134 valence electrons. The fourth-order valence-electron chi connectivity index (χ4n) is 2.20. The molecule has 24 heavy (non-hydrogen) atoms. The van der Waals surface area contributed by atoms with E-state index in [9.17, 15) is 23.7 Å². The van der Waals surface area contributed by atoms with Crippen molar-refractivity contribution in [1.29, 1.82) is 0 Å². The van der Waals surface area contributed by atoms with Crippen molar-refractivity contribution in [2.24, 2.45) is 5.92 Å². The van der Waals surface area contributed by atoms with Crippen LogP contribution in [0.1, 0.15) is 26.5 Å². The Labute approximate surface area is 134 Å². The summed E-state index contributed by atoms with van der Waals surface area (Å²) in [5.74, 6) is -2.38. The summed E-state index contributed by atoms with van der Waals surface area (Å²) in [6, 6.07) is 0. The molecule has 0 aliphatic carbocycles. The lowest BCUT2D eigenvalue weighted by Crippen LogP contribution is -2.34. The van der Waals surface area contributed by atoms with Gasteiger partial charge in [0.25, 0.3) is 5.56 Å². The maximum atomic E-state index is 13.4. The van der Waals surface area contributed by atoms with E-state index in [0.717, 1.165) is 4.57 Å². The minimum atomic E-state index is -4.87. The van der Waals surface area contributed by atoms with E-state index in [1.54, 1.807) is 18.8 Å². The number of phosphoric acid groups is 1. The van der Waals surface area contributed by atoms with Crippen LogP contribution in [0, 0.1) is 11.7 Å². The molecule has 0 saturated carbocycles. The standard InChI is InChI=1S/C12H16FN2O8P/c1-5(2)9(23-24(19,20)21)10-7(16)3-8(22-10)15-4-6(13)11(17)14-12(15)18/h4-5,8-9,16H,3H2,1-2H3,(H,14,17,18)(H2,19,20,21)/t8-,9-/m1/s1. The van der Waals surface area contributed by atoms with Crippen LogP contribution in [0.25, 0.3) is 0 Å². The lowest BCUT2D eigenvalue weighted by Gasteiger charge is -2.24. The number of aliphatic hydroxyl groups excluding tert-OH is 1. The number of halogens is 1. The summed E-state index contributed by atoms with van der Waals surface area (Å²) in [5, 5.41) is 9.99. The number of ether oxygens (including phenoxy) is 1. The van der Waals surface area contributed by atoms with Crippen molar-refractivity contribution in [1.82, 2.24) is 9.55 Å². The highest BCUT2D eigenvalue weighted by Gasteiger charge is 2.38. The molecule has 0 bridgehead atoms. The highest BCUT2D eigenvalue weighted by atomic mass is 31.2. The Kier molecular flexibility index (Phi) is 5.00. The largest absolute Gasteiger partial charge is 0.508 e. The number of rotatable bonds is 5. The van der Waals surface area contributed by atoms with Crippen molar-refractivity contribution >= 4 is 7.82 Å². The van der Waals surface area contributed by atoms with Crippen LogP contribution in [-0.2, 0) is 13.8 Å². The number of phosphoric ester groups is 1. The molecule has 0 aromatic carbocycles. The fourth-order valence-corrected chi connectivity index (χ4v) is 2.84. The van der Waals surface area contributed by atoms with E-state index in [1.807, 2.05) is 0 Å². The zero-order valence-corrected chi connectivity index (χ0v) is 13.6. The Bertz CT molecular complexity index is 823. The Balaban J connectivity index is 2.32. The van der Waals surface area contributed by atoms with E-state index < -0.39 is 48.9 Å². The van der Waals surface area contributed by atoms with Gasteiger partial charge in [0, 0.05) is 0 Å². The van der Waals surface area contributed by atoms with Crippen molar-refractivity contribution in [3.8, 4) is 0 Å². The monoisotopic (exact) mass is 366 g/mol. The third-order valence-corrected chi connectivity index (χ3v) is 3.77. The summed E-state index contributed by atoms with van der Waals surface area (Å²) in [4.78, 5) is 42.4. The van der Waals surface area contributed by atoms with Gasteiger partial charge in [-0.1, -0.05) is 13.8 Å². The van der Waals surface area contributed by atoms with Gasteiger partial charge in [-0.2, -0.15) is 4.39 Å². The molecule has 0 unspecified atom stereocenters. The molecule has 1 aliphatic rings. The Hall–Kier alpha value is -1.94. The maximum absolute atomic E-state index is 13.4. The molecule has 12 heteroatoms. The number of aromatic nitrogens is 2. The number of nitrogens with zero attached hydrogens (tertiary/aromatic N) is 1. The summed E-state index contributed by atoms with van der Waals surface area (Å²) in [5.41, 5.74) is -2.16. The summed E-state index contributed by atoms with van der Waals surface area (Å²) < 4.78 is 35.1. The van der Waals surface area contributed by atoms with Gasteiger partial charge in [-0.25, -0.2) is 9.36 Å². The van der Waals surface area contributed by atoms with Crippen LogP contribution in [0.3, 0.4) is 0 Å². The Morgan fingerprint density at radius 2 is 2.08 bits per heavy atom. The number of hydrogen-bond donors (Lipinski definition) is 4. The van der Waals surface area contributed by atoms with Crippen molar-refractivity contribution < 1.29 is 33.1 Å². The number of H-pyrrole nitrogens is 1. The molecule has 2 rings (SSSR count). The van der Waals surface area contributed by atoms with Gasteiger partial charge in [-0.15, -0.1) is 0 Å². The first-order chi connectivity index (χ1) is 11.0. The molecule has 1 aromatic rings. The molecule has 2 atom stereocenters. The highest BCUT2D eigenvalue weighted by Crippen LogP contribution is 2.44. The number of aromatic amines is 1. The molecule has 1 aliphatic heterocycles. The first kappa shape index (κ1) is 18.4. The van der Waals surface area contributed by atoms with Gasteiger partial charge in [-0.3, -0.25) is 18.9 Å². The molecule has 0 saturated heterocycles. The van der Waals surface area contributed by atoms with Crippen LogP contribution in [0.4, 0.5) is 4.39 Å². The fraction of sp³-hybridized carbons (Fsp3) is 0.500. The topological polar surface area (TPSA) is 151 Å². The molecule has 0 radical (unpaired) electrons. The van der Waals surface area contributed by atoms with Crippen LogP contribution in [0.2, 0.25) is 0 Å². The Morgan fingerprint density at radius 1 is 1.46 bits per heavy atom. The number of hydrogen-bond acceptors (Lipinski definition) is 6. The van der Waals surface area contributed by atoms with Crippen LogP contribution in [0.5, 0.6) is 0 Å². The zero-order chi connectivity index (χ0) is 18.2. The van der Waals surface area contributed by atoms with E-state index in [0.29, 0.717) is 6.20 Å². The second-order valence-corrected chi connectivity index (χ2v) is 6.68. The highest BCUT2D eigenvalue weighted by molar-refractivity contribution is 7.46. The predicted octanol–water partition coefficient (Wildman–Crippen LogP) is 0.498. The summed E-state index contributed by atoms with van der Waals surface area (Å²) in [6.07, 6.45) is -2.12. The van der Waals surface area contributed by atoms with Gasteiger partial charge in [0.05, 0.1) is 12.6 Å². The molecular weight excluding hydrogens is 350 g/mol. The average molecular weight is 366 g/mol. The molecule has 0 fully saturated rings. The summed E-state index contributed by atoms with van der Waals surface area (Å²) >= 11 is 0. The van der Waals surface area contributed by atoms with Crippen molar-refractivity contribution in [2.75, 3.05) is 0 Å². The molecule has 0 amide bonds. The third kappa shape index (κ3) is 3.93. The second kappa shape index (κ2) is 6.52. The molecule has 0 spiro atoms. The minimum absolute atomic E-state index is 0.267. The van der Waals surface area contributed by atoms with E-state index in [-0.39, 0.29) is 12.2 Å². The van der Waals surface area contributed by atoms with E-state index in [2.05, 4.69) is 4.52 Å². The Morgan fingerprint density at radius 3 is 2.62 bits per heavy atom. The van der Waals surface area contributed by atoms with Crippen LogP contribution < -0.4 is 11.2 Å². The third-order valence-electron chi connectivity index (χ3n) is 3.26. The smallest absolute Gasteiger partial charge is 0.470 e. The van der Waals surface area contributed by atoms with Crippen LogP contribution in [-0.4, -0.2) is 30.5 Å². The van der Waals surface area contributed by atoms with Crippen LogP contribution >= 0.6 is 7.82 Å². The summed E-state index contributed by atoms with van der Waals surface area (Å²) in [6.45, 7) is 3.15. The lowest BCUT2D eigenvalue weighted by molar-refractivity contribution is 0.0168. The summed E-state index contributed by atoms with van der Waals surface area (Å²) in [7, 11) is -4.87. The van der Waals surface area contributed by atoms with Gasteiger partial charge in [-0.05, 0) is 5.92 Å². The van der Waals surface area contributed by atoms with E-state index >= 15 is 0 Å². The maximum Gasteiger partial charge on any atom is 0.470 e. The number of aliphatic hydroxyl groups is 1. The van der Waals surface area contributed by atoms with E-state index in [4.69, 9.17) is 14.5 Å². The molecule has 2 heterocycles. The SMILES string of the molecule is CC(C)[C@@H](OP(=O)(O)O)C1=C(O)C[C@H](n2cc(F)c(=O)[nH]c2=O)O1. The zero-order valence-electron chi connectivity index (χ0n) is 12.7. The molecule has 1 aromatic heterocycles. The normalized spacial score (nSPS) is 19.7. The molecule has 10 nitrogen and oxygen atoms in total. The van der Waals surface area contributed by atoms with Gasteiger partial charge in [0.2, 0.25) is 5.82 Å². The van der Waals surface area contributed by atoms with Crippen molar-refractivity contribution in [3.63, 3.8) is 0 Å². The second-order valence-electron chi connectivity index (χ2n) is 5.49. The number of nitrogens with one attached hydrogen (secondary N) is 1. The van der Waals surface area contributed by atoms with Gasteiger partial charge in [0.1, 0.15) is 11.9 Å². The molecule has 4 N–H and O–H groups in total. The van der Waals surface area contributed by atoms with Gasteiger partial charge in [0.15, 0.2) is 12.0 Å². The molecular formula is C12H16FN2O8P. The first-order valence-electron chi connectivity index (χ1n) is 6.83. The van der Waals surface area contributed by atoms with Gasteiger partial charge < -0.3 is 19.6 Å². The minimum Gasteiger partial charge on any atom is -0.508 e. The van der Waals surface area contributed by atoms with Crippen LogP contribution in [0.15, 0.2) is 27.3 Å². The van der Waals surface area contributed by atoms with E-state index in [1.165, 1.54) is 0 Å². The lowest BCUT2D eigenvalue weighted by atomic mass is 10.1. The predicted molar refractivity (Wildman–Crippen MR) is 77.4 cm³/mol.